The number of nitrogens with one attached hydrogen (secondary N) is 2. The zero-order chi connectivity index (χ0) is 21.1. The fourth-order valence-electron chi connectivity index (χ4n) is 3.36. The van der Waals surface area contributed by atoms with Crippen molar-refractivity contribution in [2.75, 3.05) is 17.9 Å². The van der Waals surface area contributed by atoms with Crippen LogP contribution in [-0.2, 0) is 11.2 Å². The van der Waals surface area contributed by atoms with E-state index >= 15 is 0 Å². The number of ether oxygens (including phenoxy) is 1. The summed E-state index contributed by atoms with van der Waals surface area (Å²) in [5.41, 5.74) is 4.75. The Hall–Kier alpha value is -3.07. The third-order valence-electron chi connectivity index (χ3n) is 4.83. The van der Waals surface area contributed by atoms with E-state index in [0.717, 1.165) is 24.2 Å². The maximum absolute atomic E-state index is 13.5. The van der Waals surface area contributed by atoms with Crippen LogP contribution in [0.25, 0.3) is 0 Å². The average molecular weight is 428 g/mol. The summed E-state index contributed by atoms with van der Waals surface area (Å²) in [6, 6.07) is 13.0. The van der Waals surface area contributed by atoms with Crippen LogP contribution >= 0.6 is 11.8 Å². The Labute approximate surface area is 178 Å². The number of thioether (sulfide) groups is 1. The SMILES string of the molecule is CCCc1nnc2n1NC(c1ccc(F)cc1)C(C(=O)Nc1ccccc1OC)S2. The van der Waals surface area contributed by atoms with Crippen molar-refractivity contribution in [2.24, 2.45) is 0 Å². The molecule has 3 aromatic rings. The number of amides is 1. The number of carbonyl (C=O) groups is 1. The molecule has 7 nitrogen and oxygen atoms in total. The molecule has 1 aromatic heterocycles. The predicted octanol–water partition coefficient (Wildman–Crippen LogP) is 3.78. The highest BCUT2D eigenvalue weighted by Crippen LogP contribution is 2.38. The summed E-state index contributed by atoms with van der Waals surface area (Å²) >= 11 is 1.33. The molecule has 2 N–H and O–H groups in total. The minimum atomic E-state index is -0.549. The van der Waals surface area contributed by atoms with Crippen LogP contribution in [-0.4, -0.2) is 33.1 Å². The van der Waals surface area contributed by atoms with Crippen molar-refractivity contribution in [1.29, 1.82) is 0 Å². The number of rotatable bonds is 6. The number of fused-ring (bicyclic) bond motifs is 1. The van der Waals surface area contributed by atoms with Crippen molar-refractivity contribution in [2.45, 2.75) is 36.2 Å². The van der Waals surface area contributed by atoms with Crippen LogP contribution in [0, 0.1) is 5.82 Å². The maximum Gasteiger partial charge on any atom is 0.240 e. The summed E-state index contributed by atoms with van der Waals surface area (Å²) < 4.78 is 20.7. The van der Waals surface area contributed by atoms with E-state index < -0.39 is 11.3 Å². The predicted molar refractivity (Wildman–Crippen MR) is 114 cm³/mol. The highest BCUT2D eigenvalue weighted by atomic mass is 32.2. The maximum atomic E-state index is 13.5. The molecule has 156 valence electrons. The van der Waals surface area contributed by atoms with Gasteiger partial charge in [0.05, 0.1) is 18.8 Å². The molecular weight excluding hydrogens is 405 g/mol. The van der Waals surface area contributed by atoms with Gasteiger partial charge in [0.25, 0.3) is 0 Å². The van der Waals surface area contributed by atoms with Gasteiger partial charge in [0.1, 0.15) is 16.8 Å². The number of para-hydroxylation sites is 2. The first-order valence-corrected chi connectivity index (χ1v) is 10.6. The molecule has 2 unspecified atom stereocenters. The highest BCUT2D eigenvalue weighted by Gasteiger charge is 2.38. The second kappa shape index (κ2) is 8.74. The second-order valence-corrected chi connectivity index (χ2v) is 7.98. The number of carbonyl (C=O) groups excluding carboxylic acids is 1. The number of anilines is 1. The number of nitrogens with zero attached hydrogens (tertiary/aromatic N) is 3. The molecule has 0 spiro atoms. The average Bonchev–Trinajstić information content (AvgIpc) is 3.16. The molecule has 0 fully saturated rings. The Morgan fingerprint density at radius 1 is 1.23 bits per heavy atom. The van der Waals surface area contributed by atoms with Crippen molar-refractivity contribution >= 4 is 23.4 Å². The number of halogens is 1. The van der Waals surface area contributed by atoms with E-state index in [0.29, 0.717) is 16.6 Å². The number of aryl methyl sites for hydroxylation is 1. The van der Waals surface area contributed by atoms with E-state index in [2.05, 4.69) is 27.9 Å². The topological polar surface area (TPSA) is 81.1 Å². The fourth-order valence-corrected chi connectivity index (χ4v) is 4.45. The summed E-state index contributed by atoms with van der Waals surface area (Å²) in [5, 5.41) is 11.5. The normalized spacial score (nSPS) is 17.7. The molecule has 1 amide bonds. The smallest absolute Gasteiger partial charge is 0.240 e. The number of methoxy groups -OCH3 is 1. The molecule has 9 heteroatoms. The molecule has 1 aliphatic heterocycles. The molecule has 0 radical (unpaired) electrons. The molecule has 2 heterocycles. The monoisotopic (exact) mass is 427 g/mol. The van der Waals surface area contributed by atoms with Gasteiger partial charge in [-0.1, -0.05) is 43.0 Å². The van der Waals surface area contributed by atoms with Gasteiger partial charge in [0, 0.05) is 6.42 Å². The number of hydrogen-bond donors (Lipinski definition) is 2. The lowest BCUT2D eigenvalue weighted by Gasteiger charge is -2.33. The number of benzene rings is 2. The van der Waals surface area contributed by atoms with Crippen molar-refractivity contribution in [3.63, 3.8) is 0 Å². The zero-order valence-electron chi connectivity index (χ0n) is 16.6. The van der Waals surface area contributed by atoms with Gasteiger partial charge >= 0.3 is 0 Å². The lowest BCUT2D eigenvalue weighted by atomic mass is 10.0. The second-order valence-electron chi connectivity index (χ2n) is 6.87. The summed E-state index contributed by atoms with van der Waals surface area (Å²) in [4.78, 5) is 13.3. The standard InChI is InChI=1S/C21H22FN5O2S/c1-3-6-17-24-25-21-27(17)26-18(13-9-11-14(22)12-10-13)19(30-21)20(28)23-15-7-4-5-8-16(15)29-2/h4-5,7-12,18-19,26H,3,6H2,1-2H3,(H,23,28). The molecule has 1 aliphatic rings. The summed E-state index contributed by atoms with van der Waals surface area (Å²) in [7, 11) is 1.56. The van der Waals surface area contributed by atoms with Gasteiger partial charge in [-0.05, 0) is 36.2 Å². The Kier molecular flexibility index (Phi) is 5.89. The Bertz CT molecular complexity index is 1040. The first-order valence-electron chi connectivity index (χ1n) is 9.67. The van der Waals surface area contributed by atoms with Gasteiger partial charge < -0.3 is 15.5 Å². The van der Waals surface area contributed by atoms with E-state index in [-0.39, 0.29) is 11.7 Å². The Balaban J connectivity index is 1.67. The van der Waals surface area contributed by atoms with Gasteiger partial charge in [-0.25, -0.2) is 9.07 Å². The van der Waals surface area contributed by atoms with Crippen molar-refractivity contribution in [3.05, 3.63) is 65.7 Å². The van der Waals surface area contributed by atoms with Crippen LogP contribution in [0.2, 0.25) is 0 Å². The van der Waals surface area contributed by atoms with Crippen LogP contribution in [0.15, 0.2) is 53.7 Å². The Morgan fingerprint density at radius 3 is 2.73 bits per heavy atom. The van der Waals surface area contributed by atoms with E-state index in [1.807, 2.05) is 16.8 Å². The summed E-state index contributed by atoms with van der Waals surface area (Å²) in [6.07, 6.45) is 1.68. The summed E-state index contributed by atoms with van der Waals surface area (Å²) in [6.45, 7) is 2.07. The quantitative estimate of drug-likeness (QED) is 0.623. The number of hydrogen-bond acceptors (Lipinski definition) is 6. The van der Waals surface area contributed by atoms with Gasteiger partial charge in [-0.15, -0.1) is 10.2 Å². The molecule has 4 rings (SSSR count). The molecule has 0 saturated heterocycles. The fraction of sp³-hybridized carbons (Fsp3) is 0.286. The van der Waals surface area contributed by atoms with Crippen LogP contribution in [0.5, 0.6) is 5.75 Å². The van der Waals surface area contributed by atoms with E-state index in [1.54, 1.807) is 31.4 Å². The third-order valence-corrected chi connectivity index (χ3v) is 6.04. The van der Waals surface area contributed by atoms with Crippen LogP contribution in [0.3, 0.4) is 0 Å². The molecule has 0 aliphatic carbocycles. The molecular formula is C21H22FN5O2S. The van der Waals surface area contributed by atoms with Gasteiger partial charge in [0.2, 0.25) is 11.1 Å². The van der Waals surface area contributed by atoms with Gasteiger partial charge in [-0.2, -0.15) is 0 Å². The number of aromatic nitrogens is 3. The van der Waals surface area contributed by atoms with E-state index in [4.69, 9.17) is 4.74 Å². The Morgan fingerprint density at radius 2 is 2.00 bits per heavy atom. The lowest BCUT2D eigenvalue weighted by molar-refractivity contribution is -0.116. The van der Waals surface area contributed by atoms with E-state index in [1.165, 1.54) is 23.9 Å². The summed E-state index contributed by atoms with van der Waals surface area (Å²) in [5.74, 6) is 0.841. The van der Waals surface area contributed by atoms with Gasteiger partial charge in [-0.3, -0.25) is 4.79 Å². The molecule has 30 heavy (non-hydrogen) atoms. The first-order chi connectivity index (χ1) is 14.6. The third kappa shape index (κ3) is 3.97. The van der Waals surface area contributed by atoms with Gasteiger partial charge in [0.15, 0.2) is 5.82 Å². The van der Waals surface area contributed by atoms with Crippen LogP contribution in [0.1, 0.15) is 30.8 Å². The minimum absolute atomic E-state index is 0.211. The highest BCUT2D eigenvalue weighted by molar-refractivity contribution is 8.00. The van der Waals surface area contributed by atoms with E-state index in [9.17, 15) is 9.18 Å². The van der Waals surface area contributed by atoms with Crippen molar-refractivity contribution in [1.82, 2.24) is 14.9 Å². The molecule has 0 bridgehead atoms. The lowest BCUT2D eigenvalue weighted by Crippen LogP contribution is -2.41. The van der Waals surface area contributed by atoms with Crippen molar-refractivity contribution < 1.29 is 13.9 Å². The van der Waals surface area contributed by atoms with Crippen LogP contribution in [0.4, 0.5) is 10.1 Å². The minimum Gasteiger partial charge on any atom is -0.495 e. The molecule has 2 aromatic carbocycles. The van der Waals surface area contributed by atoms with Crippen LogP contribution < -0.4 is 15.5 Å². The first kappa shape index (κ1) is 20.2. The molecule has 0 saturated carbocycles. The van der Waals surface area contributed by atoms with Crippen molar-refractivity contribution in [3.8, 4) is 5.75 Å². The zero-order valence-corrected chi connectivity index (χ0v) is 17.4. The molecule has 2 atom stereocenters. The largest absolute Gasteiger partial charge is 0.495 e.